The molecule has 2 heterocycles. The lowest BCUT2D eigenvalue weighted by Gasteiger charge is -1.99. The van der Waals surface area contributed by atoms with Gasteiger partial charge in [-0.3, -0.25) is 0 Å². The van der Waals surface area contributed by atoms with Gasteiger partial charge < -0.3 is 0 Å². The van der Waals surface area contributed by atoms with Gasteiger partial charge in [0.25, 0.3) is 0 Å². The van der Waals surface area contributed by atoms with Gasteiger partial charge in [-0.25, -0.2) is 4.40 Å². The van der Waals surface area contributed by atoms with Crippen LogP contribution in [0.25, 0.3) is 16.9 Å². The van der Waals surface area contributed by atoms with Crippen LogP contribution in [0.4, 0.5) is 0 Å². The minimum Gasteiger partial charge on any atom is -0.203 e. The lowest BCUT2D eigenvalue weighted by molar-refractivity contribution is -0.514. The van der Waals surface area contributed by atoms with Crippen LogP contribution in [-0.2, 0) is 6.42 Å². The fraction of sp³-hybridized carbons (Fsp3) is 0.125. The van der Waals surface area contributed by atoms with E-state index >= 15 is 0 Å². The second-order valence-electron chi connectivity index (χ2n) is 4.33. The molecule has 0 aliphatic rings. The van der Waals surface area contributed by atoms with E-state index in [-0.39, 0.29) is 0 Å². The van der Waals surface area contributed by atoms with Crippen LogP contribution in [0.1, 0.15) is 12.5 Å². The Hall–Kier alpha value is -2.22. The number of pyridine rings is 1. The predicted molar refractivity (Wildman–Crippen MR) is 72.2 cm³/mol. The summed E-state index contributed by atoms with van der Waals surface area (Å²) in [6, 6.07) is 16.7. The van der Waals surface area contributed by atoms with Crippen LogP contribution >= 0.6 is 0 Å². The van der Waals surface area contributed by atoms with Gasteiger partial charge in [0, 0.05) is 17.7 Å². The first kappa shape index (κ1) is 10.9. The highest BCUT2D eigenvalue weighted by molar-refractivity contribution is 5.60. The van der Waals surface area contributed by atoms with E-state index in [2.05, 4.69) is 36.2 Å². The molecule has 1 aromatic carbocycles. The van der Waals surface area contributed by atoms with Crippen molar-refractivity contribution in [3.63, 3.8) is 0 Å². The maximum Gasteiger partial charge on any atom is 0.328 e. The summed E-state index contributed by atoms with van der Waals surface area (Å²) in [4.78, 5) is 4.66. The molecule has 0 amide bonds. The number of nitrogens with zero attached hydrogens (tertiary/aromatic N) is 2. The molecule has 0 aliphatic heterocycles. The normalized spacial score (nSPS) is 10.7. The largest absolute Gasteiger partial charge is 0.328 e. The number of rotatable bonds is 2. The highest BCUT2D eigenvalue weighted by Gasteiger charge is 2.08. The van der Waals surface area contributed by atoms with Crippen molar-refractivity contribution in [1.29, 1.82) is 0 Å². The van der Waals surface area contributed by atoms with Crippen molar-refractivity contribution in [2.45, 2.75) is 13.3 Å². The molecule has 0 aliphatic carbocycles. The van der Waals surface area contributed by atoms with E-state index in [9.17, 15) is 0 Å². The summed E-state index contributed by atoms with van der Waals surface area (Å²) in [6.45, 7) is 2.17. The zero-order valence-electron chi connectivity index (χ0n) is 10.4. The number of benzene rings is 1. The molecule has 0 radical (unpaired) electrons. The van der Waals surface area contributed by atoms with Crippen molar-refractivity contribution in [2.75, 3.05) is 0 Å². The zero-order chi connectivity index (χ0) is 12.4. The lowest BCUT2D eigenvalue weighted by atomic mass is 10.1. The molecule has 0 atom stereocenters. The van der Waals surface area contributed by atoms with E-state index in [1.165, 1.54) is 11.1 Å². The molecule has 3 rings (SSSR count). The van der Waals surface area contributed by atoms with Crippen LogP contribution in [0.3, 0.4) is 0 Å². The maximum absolute atomic E-state index is 4.66. The summed E-state index contributed by atoms with van der Waals surface area (Å²) >= 11 is 0. The molecule has 0 saturated carbocycles. The van der Waals surface area contributed by atoms with Gasteiger partial charge in [0.2, 0.25) is 0 Å². The lowest BCUT2D eigenvalue weighted by Crippen LogP contribution is -2.21. The summed E-state index contributed by atoms with van der Waals surface area (Å²) in [6.07, 6.45) is 5.12. The van der Waals surface area contributed by atoms with E-state index in [0.717, 1.165) is 17.8 Å². The van der Waals surface area contributed by atoms with Gasteiger partial charge >= 0.3 is 5.65 Å². The highest BCUT2D eigenvalue weighted by atomic mass is 14.9. The topological polar surface area (TPSA) is 17.0 Å². The Balaban J connectivity index is 2.07. The molecule has 2 nitrogen and oxygen atoms in total. The molecule has 0 saturated heterocycles. The Bertz CT molecular complexity index is 672. The first-order valence-corrected chi connectivity index (χ1v) is 6.23. The first-order chi connectivity index (χ1) is 8.86. The van der Waals surface area contributed by atoms with Gasteiger partial charge in [-0.05, 0) is 23.0 Å². The molecule has 0 spiro atoms. The molecule has 0 N–H and O–H groups in total. The average molecular weight is 235 g/mol. The Morgan fingerprint density at radius 1 is 0.944 bits per heavy atom. The number of aromatic nitrogens is 2. The van der Waals surface area contributed by atoms with Gasteiger partial charge in [0.1, 0.15) is 6.20 Å². The van der Waals surface area contributed by atoms with Crippen LogP contribution in [0.15, 0.2) is 60.9 Å². The number of aryl methyl sites for hydroxylation is 1. The average Bonchev–Trinajstić information content (AvgIpc) is 2.47. The third kappa shape index (κ3) is 1.97. The second kappa shape index (κ2) is 4.57. The monoisotopic (exact) mass is 235 g/mol. The van der Waals surface area contributed by atoms with Crippen LogP contribution in [0, 0.1) is 0 Å². The molecule has 0 fully saturated rings. The number of hydrogen-bond acceptors (Lipinski definition) is 1. The molecule has 0 bridgehead atoms. The predicted octanol–water partition coefficient (Wildman–Crippen LogP) is 3.05. The third-order valence-corrected chi connectivity index (χ3v) is 3.15. The summed E-state index contributed by atoms with van der Waals surface area (Å²) in [5.74, 6) is 0. The molecule has 2 aromatic heterocycles. The van der Waals surface area contributed by atoms with Gasteiger partial charge in [-0.1, -0.05) is 37.3 Å². The minimum atomic E-state index is 0.967. The molecule has 18 heavy (non-hydrogen) atoms. The standard InChI is InChI=1S/C16H15N2/c1-2-13-6-8-14(9-7-13)15-10-12-18-11-4-3-5-16(18)17-15/h3-12H,2H2,1H3/q+1. The Kier molecular flexibility index (Phi) is 2.77. The van der Waals surface area contributed by atoms with Crippen molar-refractivity contribution in [3.05, 3.63) is 66.5 Å². The van der Waals surface area contributed by atoms with E-state index in [1.54, 1.807) is 0 Å². The Morgan fingerprint density at radius 3 is 2.56 bits per heavy atom. The summed E-state index contributed by atoms with van der Waals surface area (Å²) in [5, 5.41) is 0. The quantitative estimate of drug-likeness (QED) is 0.624. The van der Waals surface area contributed by atoms with Gasteiger partial charge in [0.15, 0.2) is 5.69 Å². The summed E-state index contributed by atoms with van der Waals surface area (Å²) in [7, 11) is 0. The molecule has 0 unspecified atom stereocenters. The Labute approximate surface area is 107 Å². The van der Waals surface area contributed by atoms with Gasteiger partial charge in [-0.15, -0.1) is 0 Å². The van der Waals surface area contributed by atoms with Crippen LogP contribution in [0.5, 0.6) is 0 Å². The van der Waals surface area contributed by atoms with Gasteiger partial charge in [0.05, 0.1) is 6.20 Å². The SMILES string of the molecule is CCc1ccc(-c2cc[n+]3ccccc3n2)cc1. The van der Waals surface area contributed by atoms with Gasteiger partial charge in [-0.2, -0.15) is 0 Å². The van der Waals surface area contributed by atoms with E-state index in [4.69, 9.17) is 0 Å². The molecule has 3 aromatic rings. The minimum absolute atomic E-state index is 0.967. The van der Waals surface area contributed by atoms with E-state index in [0.29, 0.717) is 0 Å². The van der Waals surface area contributed by atoms with Crippen molar-refractivity contribution >= 4 is 5.65 Å². The highest BCUT2D eigenvalue weighted by Crippen LogP contribution is 2.17. The molecular formula is C16H15N2+. The Morgan fingerprint density at radius 2 is 1.78 bits per heavy atom. The van der Waals surface area contributed by atoms with Crippen LogP contribution in [-0.4, -0.2) is 4.98 Å². The maximum atomic E-state index is 4.66. The molecule has 2 heteroatoms. The van der Waals surface area contributed by atoms with Crippen molar-refractivity contribution in [3.8, 4) is 11.3 Å². The van der Waals surface area contributed by atoms with Crippen LogP contribution < -0.4 is 4.40 Å². The van der Waals surface area contributed by atoms with Crippen molar-refractivity contribution < 1.29 is 4.40 Å². The molecular weight excluding hydrogens is 220 g/mol. The molecule has 88 valence electrons. The van der Waals surface area contributed by atoms with Crippen molar-refractivity contribution in [1.82, 2.24) is 4.98 Å². The smallest absolute Gasteiger partial charge is 0.203 e. The fourth-order valence-electron chi connectivity index (χ4n) is 2.05. The van der Waals surface area contributed by atoms with E-state index < -0.39 is 0 Å². The first-order valence-electron chi connectivity index (χ1n) is 6.23. The fourth-order valence-corrected chi connectivity index (χ4v) is 2.05. The zero-order valence-corrected chi connectivity index (χ0v) is 10.4. The van der Waals surface area contributed by atoms with E-state index in [1.807, 2.05) is 41.1 Å². The van der Waals surface area contributed by atoms with Crippen molar-refractivity contribution in [2.24, 2.45) is 0 Å². The third-order valence-electron chi connectivity index (χ3n) is 3.15. The van der Waals surface area contributed by atoms with Crippen LogP contribution in [0.2, 0.25) is 0 Å². The second-order valence-corrected chi connectivity index (χ2v) is 4.33. The number of hydrogen-bond donors (Lipinski definition) is 0. The summed E-state index contributed by atoms with van der Waals surface area (Å²) < 4.78 is 2.02. The summed E-state index contributed by atoms with van der Waals surface area (Å²) in [5.41, 5.74) is 4.51. The number of fused-ring (bicyclic) bond motifs is 1.